The summed E-state index contributed by atoms with van der Waals surface area (Å²) in [6, 6.07) is 17.6. The van der Waals surface area contributed by atoms with Crippen molar-refractivity contribution in [2.24, 2.45) is 23.2 Å². The summed E-state index contributed by atoms with van der Waals surface area (Å²) in [7, 11) is 0. The number of phenolic OH excluding ortho intramolecular Hbond substituents is 1. The van der Waals surface area contributed by atoms with Crippen LogP contribution < -0.4 is 31.3 Å². The number of hydrogen-bond donors (Lipinski definition) is 8. The van der Waals surface area contributed by atoms with Gasteiger partial charge in [-0.15, -0.1) is 0 Å². The van der Waals surface area contributed by atoms with Gasteiger partial charge in [-0.05, 0) is 121 Å². The van der Waals surface area contributed by atoms with Gasteiger partial charge in [0.1, 0.15) is 29.6 Å². The molecule has 0 radical (unpaired) electrons. The Morgan fingerprint density at radius 1 is 0.746 bits per heavy atom. The SMILES string of the molecule is CC(C)C[C@H](NC(=O)[C@H](Cc1ccccc1)NC(=O)CNC(=O)CNC(=O)[C@H](Cc1ccc(O)cc1)NC(=O)COc1ccc2c(c1)CC[C@@H]1[C@@H]2CC[C@]2(C)[C@@H](O)CC[C@@H]12)C(=O)O. The average Bonchev–Trinajstić information content (AvgIpc) is 3.57. The van der Waals surface area contributed by atoms with Crippen LogP contribution in [-0.4, -0.2) is 94.8 Å². The number of carboxylic acid groups (broad SMARTS) is 1. The Bertz CT molecular complexity index is 2110. The fraction of sp³-hybridized carbons (Fsp3) is 0.500. The molecular formula is C48H61N5O10. The summed E-state index contributed by atoms with van der Waals surface area (Å²) in [5, 5.41) is 42.9. The molecule has 15 heteroatoms. The normalized spacial score (nSPS) is 22.5. The molecule has 63 heavy (non-hydrogen) atoms. The zero-order valence-corrected chi connectivity index (χ0v) is 36.2. The number of fused-ring (bicyclic) bond motifs is 5. The van der Waals surface area contributed by atoms with E-state index in [-0.39, 0.29) is 49.1 Å². The molecule has 3 aliphatic rings. The second-order valence-electron chi connectivity index (χ2n) is 18.0. The van der Waals surface area contributed by atoms with Crippen molar-refractivity contribution in [3.05, 3.63) is 95.1 Å². The van der Waals surface area contributed by atoms with Crippen LogP contribution in [-0.2, 0) is 48.0 Å². The van der Waals surface area contributed by atoms with Crippen LogP contribution >= 0.6 is 0 Å². The number of ether oxygens (including phenoxy) is 1. The van der Waals surface area contributed by atoms with Gasteiger partial charge in [-0.25, -0.2) is 4.79 Å². The Morgan fingerprint density at radius 3 is 2.11 bits per heavy atom. The van der Waals surface area contributed by atoms with Gasteiger partial charge in [0, 0.05) is 12.8 Å². The van der Waals surface area contributed by atoms with Crippen LogP contribution in [0.1, 0.15) is 87.5 Å². The number of carbonyl (C=O) groups is 6. The smallest absolute Gasteiger partial charge is 0.326 e. The number of carboxylic acids is 1. The number of aliphatic hydroxyl groups is 1. The molecule has 5 amide bonds. The van der Waals surface area contributed by atoms with Gasteiger partial charge >= 0.3 is 5.97 Å². The van der Waals surface area contributed by atoms with Crippen LogP contribution in [0.2, 0.25) is 0 Å². The lowest BCUT2D eigenvalue weighted by molar-refractivity contribution is -0.142. The second-order valence-corrected chi connectivity index (χ2v) is 18.0. The van der Waals surface area contributed by atoms with Gasteiger partial charge in [-0.2, -0.15) is 0 Å². The van der Waals surface area contributed by atoms with Crippen molar-refractivity contribution < 1.29 is 48.8 Å². The number of aromatic hydroxyl groups is 1. The van der Waals surface area contributed by atoms with Gasteiger partial charge in [-0.1, -0.05) is 69.3 Å². The Labute approximate surface area is 368 Å². The summed E-state index contributed by atoms with van der Waals surface area (Å²) < 4.78 is 5.93. The minimum absolute atomic E-state index is 0.00289. The Hall–Kier alpha value is -5.96. The molecule has 0 bridgehead atoms. The average molecular weight is 868 g/mol. The maximum absolute atomic E-state index is 13.5. The van der Waals surface area contributed by atoms with E-state index in [1.165, 1.54) is 23.3 Å². The molecule has 3 aromatic rings. The summed E-state index contributed by atoms with van der Waals surface area (Å²) in [5.74, 6) is -2.49. The summed E-state index contributed by atoms with van der Waals surface area (Å²) in [6.07, 6.45) is 6.00. The number of aliphatic hydroxyl groups excluding tert-OH is 1. The van der Waals surface area contributed by atoms with E-state index in [9.17, 15) is 44.1 Å². The maximum Gasteiger partial charge on any atom is 0.326 e. The molecule has 0 unspecified atom stereocenters. The fourth-order valence-electron chi connectivity index (χ4n) is 9.88. The third-order valence-corrected chi connectivity index (χ3v) is 13.2. The highest BCUT2D eigenvalue weighted by atomic mass is 16.5. The molecular weight excluding hydrogens is 807 g/mol. The topological polar surface area (TPSA) is 232 Å². The zero-order chi connectivity index (χ0) is 45.3. The lowest BCUT2D eigenvalue weighted by atomic mass is 9.55. The highest BCUT2D eigenvalue weighted by molar-refractivity contribution is 5.94. The van der Waals surface area contributed by atoms with Crippen LogP contribution in [0.3, 0.4) is 0 Å². The zero-order valence-electron chi connectivity index (χ0n) is 36.2. The van der Waals surface area contributed by atoms with E-state index in [2.05, 4.69) is 39.6 Å². The van der Waals surface area contributed by atoms with E-state index in [4.69, 9.17) is 4.74 Å². The number of hydrogen-bond acceptors (Lipinski definition) is 9. The standard InChI is InChI=1S/C48H61N5O10/c1-28(2)21-40(47(61)62)53-46(60)39(22-29-7-5-4-6-8-29)51-43(57)26-49-42(56)25-50-45(59)38(23-30-9-12-32(54)13-10-30)52-44(58)27-63-33-14-16-34-31(24-33)11-15-36-35(34)19-20-48(3)37(36)17-18-41(48)55/h4-10,12-14,16,24,28,35-41,54-55H,11,15,17-23,25-27H2,1-3H3,(H,49,56)(H,50,59)(H,51,57)(H,52,58)(H,53,60)(H,61,62)/t35-,36-,37+,38+,39+,40+,41+,48+/m1/s1. The molecule has 6 rings (SSSR count). The molecule has 3 aliphatic carbocycles. The molecule has 0 aromatic heterocycles. The van der Waals surface area contributed by atoms with Gasteiger partial charge in [0.05, 0.1) is 19.2 Å². The highest BCUT2D eigenvalue weighted by Gasteiger charge is 2.54. The number of amides is 5. The monoisotopic (exact) mass is 867 g/mol. The predicted molar refractivity (Wildman–Crippen MR) is 233 cm³/mol. The molecule has 2 saturated carbocycles. The summed E-state index contributed by atoms with van der Waals surface area (Å²) in [6.45, 7) is 4.48. The van der Waals surface area contributed by atoms with Crippen LogP contribution in [0.25, 0.3) is 0 Å². The molecule has 0 spiro atoms. The number of benzene rings is 3. The van der Waals surface area contributed by atoms with Crippen LogP contribution in [0.5, 0.6) is 11.5 Å². The van der Waals surface area contributed by atoms with Crippen molar-refractivity contribution >= 4 is 35.5 Å². The third kappa shape index (κ3) is 12.2. The van der Waals surface area contributed by atoms with E-state index in [0.29, 0.717) is 29.1 Å². The molecule has 2 fully saturated rings. The Morgan fingerprint density at radius 2 is 1.41 bits per heavy atom. The number of aryl methyl sites for hydroxylation is 1. The number of aliphatic carboxylic acids is 1. The van der Waals surface area contributed by atoms with Crippen LogP contribution in [0.4, 0.5) is 0 Å². The number of nitrogens with one attached hydrogen (secondary N) is 5. The molecule has 8 atom stereocenters. The lowest BCUT2D eigenvalue weighted by Gasteiger charge is -2.50. The van der Waals surface area contributed by atoms with Crippen molar-refractivity contribution in [3.63, 3.8) is 0 Å². The van der Waals surface area contributed by atoms with Crippen molar-refractivity contribution in [2.75, 3.05) is 19.7 Å². The molecule has 8 N–H and O–H groups in total. The number of carbonyl (C=O) groups excluding carboxylic acids is 5. The van der Waals surface area contributed by atoms with Crippen LogP contribution in [0, 0.1) is 23.2 Å². The van der Waals surface area contributed by atoms with Gasteiger partial charge in [0.25, 0.3) is 5.91 Å². The van der Waals surface area contributed by atoms with Gasteiger partial charge in [0.2, 0.25) is 23.6 Å². The Kier molecular flexibility index (Phi) is 15.5. The summed E-state index contributed by atoms with van der Waals surface area (Å²) in [4.78, 5) is 77.7. The van der Waals surface area contributed by atoms with Crippen molar-refractivity contribution in [1.82, 2.24) is 26.6 Å². The summed E-state index contributed by atoms with van der Waals surface area (Å²) in [5.41, 5.74) is 3.88. The Balaban J connectivity index is 1.01. The lowest BCUT2D eigenvalue weighted by Crippen LogP contribution is -2.54. The quantitative estimate of drug-likeness (QED) is 0.0877. The first-order chi connectivity index (χ1) is 30.1. The van der Waals surface area contributed by atoms with E-state index < -0.39 is 66.7 Å². The first-order valence-electron chi connectivity index (χ1n) is 22.0. The molecule has 338 valence electrons. The number of rotatable bonds is 19. The third-order valence-electron chi connectivity index (χ3n) is 13.2. The van der Waals surface area contributed by atoms with E-state index in [1.54, 1.807) is 42.5 Å². The highest BCUT2D eigenvalue weighted by Crippen LogP contribution is 2.61. The second kappa shape index (κ2) is 20.9. The van der Waals surface area contributed by atoms with E-state index in [1.807, 2.05) is 26.0 Å². The maximum atomic E-state index is 13.5. The minimum atomic E-state index is -1.20. The van der Waals surface area contributed by atoms with E-state index in [0.717, 1.165) is 44.1 Å². The van der Waals surface area contributed by atoms with Gasteiger partial charge in [-0.3, -0.25) is 24.0 Å². The largest absolute Gasteiger partial charge is 0.508 e. The fourth-order valence-corrected chi connectivity index (χ4v) is 9.88. The first-order valence-corrected chi connectivity index (χ1v) is 22.0. The first kappa shape index (κ1) is 46.5. The predicted octanol–water partition coefficient (Wildman–Crippen LogP) is 3.29. The van der Waals surface area contributed by atoms with Crippen LogP contribution in [0.15, 0.2) is 72.8 Å². The van der Waals surface area contributed by atoms with Gasteiger partial charge in [0.15, 0.2) is 6.61 Å². The van der Waals surface area contributed by atoms with E-state index >= 15 is 0 Å². The molecule has 3 aromatic carbocycles. The molecule has 0 heterocycles. The van der Waals surface area contributed by atoms with Crippen molar-refractivity contribution in [2.45, 2.75) is 109 Å². The molecule has 15 nitrogen and oxygen atoms in total. The van der Waals surface area contributed by atoms with Crippen molar-refractivity contribution in [3.8, 4) is 11.5 Å². The molecule has 0 saturated heterocycles. The number of phenols is 1. The summed E-state index contributed by atoms with van der Waals surface area (Å²) >= 11 is 0. The molecule has 0 aliphatic heterocycles. The van der Waals surface area contributed by atoms with Gasteiger partial charge < -0.3 is 46.6 Å². The van der Waals surface area contributed by atoms with Crippen molar-refractivity contribution in [1.29, 1.82) is 0 Å². The minimum Gasteiger partial charge on any atom is -0.508 e.